The maximum Gasteiger partial charge on any atom is 0.273 e. The van der Waals surface area contributed by atoms with E-state index in [0.29, 0.717) is 23.0 Å². The van der Waals surface area contributed by atoms with Crippen LogP contribution in [0.2, 0.25) is 5.02 Å². The summed E-state index contributed by atoms with van der Waals surface area (Å²) < 4.78 is 1.65. The van der Waals surface area contributed by atoms with Crippen molar-refractivity contribution < 1.29 is 4.79 Å². The Bertz CT molecular complexity index is 692. The summed E-state index contributed by atoms with van der Waals surface area (Å²) in [4.78, 5) is 14.7. The standard InChI is InChI=1S/C17H22ClN5O/c1-13-16(17(24)19-9-12-22-10-3-2-4-11-22)20-21-23(13)15-7-5-14(18)6-8-15/h5-8H,2-4,9-12H2,1H3,(H,19,24). The second kappa shape index (κ2) is 7.77. The first-order chi connectivity index (χ1) is 11.6. The van der Waals surface area contributed by atoms with Gasteiger partial charge in [0.1, 0.15) is 0 Å². The van der Waals surface area contributed by atoms with Gasteiger partial charge in [0.15, 0.2) is 5.69 Å². The van der Waals surface area contributed by atoms with Gasteiger partial charge in [-0.25, -0.2) is 4.68 Å². The van der Waals surface area contributed by atoms with Crippen LogP contribution in [0.5, 0.6) is 0 Å². The third kappa shape index (κ3) is 3.94. The van der Waals surface area contributed by atoms with Crippen molar-refractivity contribution in [3.05, 3.63) is 40.7 Å². The van der Waals surface area contributed by atoms with Crippen molar-refractivity contribution >= 4 is 17.5 Å². The van der Waals surface area contributed by atoms with Gasteiger partial charge in [0.05, 0.1) is 11.4 Å². The van der Waals surface area contributed by atoms with Crippen molar-refractivity contribution in [2.75, 3.05) is 26.2 Å². The zero-order chi connectivity index (χ0) is 16.9. The number of nitrogens with one attached hydrogen (secondary N) is 1. The normalized spacial score (nSPS) is 15.4. The van der Waals surface area contributed by atoms with Gasteiger partial charge in [0.25, 0.3) is 5.91 Å². The molecule has 0 saturated carbocycles. The predicted molar refractivity (Wildman–Crippen MR) is 93.7 cm³/mol. The number of piperidine rings is 1. The quantitative estimate of drug-likeness (QED) is 0.902. The molecule has 1 aromatic heterocycles. The zero-order valence-corrected chi connectivity index (χ0v) is 14.6. The largest absolute Gasteiger partial charge is 0.349 e. The maximum atomic E-state index is 12.3. The van der Waals surface area contributed by atoms with Gasteiger partial charge in [0, 0.05) is 18.1 Å². The summed E-state index contributed by atoms with van der Waals surface area (Å²) in [5.41, 5.74) is 1.91. The number of benzene rings is 1. The third-order valence-corrected chi connectivity index (χ3v) is 4.60. The number of halogens is 1. The lowest BCUT2D eigenvalue weighted by Gasteiger charge is -2.26. The van der Waals surface area contributed by atoms with Crippen LogP contribution >= 0.6 is 11.6 Å². The molecule has 1 saturated heterocycles. The molecule has 1 aliphatic rings. The number of carbonyl (C=O) groups excluding carboxylic acids is 1. The first-order valence-electron chi connectivity index (χ1n) is 8.34. The van der Waals surface area contributed by atoms with Gasteiger partial charge in [-0.1, -0.05) is 23.2 Å². The van der Waals surface area contributed by atoms with Crippen LogP contribution in [-0.2, 0) is 0 Å². The van der Waals surface area contributed by atoms with Gasteiger partial charge in [-0.3, -0.25) is 4.79 Å². The molecule has 6 nitrogen and oxygen atoms in total. The molecule has 24 heavy (non-hydrogen) atoms. The van der Waals surface area contributed by atoms with Gasteiger partial charge in [0.2, 0.25) is 0 Å². The molecule has 1 aromatic carbocycles. The van der Waals surface area contributed by atoms with E-state index in [1.165, 1.54) is 19.3 Å². The Labute approximate surface area is 146 Å². The van der Waals surface area contributed by atoms with Crippen LogP contribution in [0, 0.1) is 6.92 Å². The highest BCUT2D eigenvalue weighted by Crippen LogP contribution is 2.15. The number of hydrogen-bond donors (Lipinski definition) is 1. The van der Waals surface area contributed by atoms with Crippen LogP contribution in [0.25, 0.3) is 5.69 Å². The van der Waals surface area contributed by atoms with Crippen LogP contribution < -0.4 is 5.32 Å². The van der Waals surface area contributed by atoms with Crippen LogP contribution in [-0.4, -0.2) is 52.0 Å². The molecule has 3 rings (SSSR count). The molecule has 128 valence electrons. The fourth-order valence-electron chi connectivity index (χ4n) is 2.96. The van der Waals surface area contributed by atoms with E-state index >= 15 is 0 Å². The summed E-state index contributed by atoms with van der Waals surface area (Å²) in [6, 6.07) is 7.27. The first kappa shape index (κ1) is 16.9. The van der Waals surface area contributed by atoms with E-state index in [9.17, 15) is 4.79 Å². The lowest BCUT2D eigenvalue weighted by atomic mass is 10.1. The fourth-order valence-corrected chi connectivity index (χ4v) is 3.09. The van der Waals surface area contributed by atoms with Crippen molar-refractivity contribution in [3.8, 4) is 5.69 Å². The average Bonchev–Trinajstić information content (AvgIpc) is 2.98. The smallest absolute Gasteiger partial charge is 0.273 e. The SMILES string of the molecule is Cc1c(C(=O)NCCN2CCCCC2)nnn1-c1ccc(Cl)cc1. The Hall–Kier alpha value is -1.92. The highest BCUT2D eigenvalue weighted by molar-refractivity contribution is 6.30. The van der Waals surface area contributed by atoms with Crippen molar-refractivity contribution in [2.45, 2.75) is 26.2 Å². The van der Waals surface area contributed by atoms with Crippen LogP contribution in [0.4, 0.5) is 0 Å². The molecule has 0 atom stereocenters. The van der Waals surface area contributed by atoms with Gasteiger partial charge < -0.3 is 10.2 Å². The topological polar surface area (TPSA) is 63.1 Å². The molecule has 0 radical (unpaired) electrons. The first-order valence-corrected chi connectivity index (χ1v) is 8.72. The molecule has 0 aliphatic carbocycles. The summed E-state index contributed by atoms with van der Waals surface area (Å²) in [6.07, 6.45) is 3.82. The molecular weight excluding hydrogens is 326 g/mol. The van der Waals surface area contributed by atoms with Crippen LogP contribution in [0.3, 0.4) is 0 Å². The molecule has 2 aromatic rings. The van der Waals surface area contributed by atoms with Crippen LogP contribution in [0.15, 0.2) is 24.3 Å². The minimum Gasteiger partial charge on any atom is -0.349 e. The molecular formula is C17H22ClN5O. The lowest BCUT2D eigenvalue weighted by Crippen LogP contribution is -2.37. The number of rotatable bonds is 5. The van der Waals surface area contributed by atoms with Gasteiger partial charge in [-0.05, 0) is 57.1 Å². The monoisotopic (exact) mass is 347 g/mol. The van der Waals surface area contributed by atoms with Crippen molar-refractivity contribution in [1.82, 2.24) is 25.2 Å². The summed E-state index contributed by atoms with van der Waals surface area (Å²) in [5, 5.41) is 11.7. The molecule has 2 heterocycles. The second-order valence-electron chi connectivity index (χ2n) is 6.07. The Morgan fingerprint density at radius 2 is 1.92 bits per heavy atom. The van der Waals surface area contributed by atoms with E-state index in [2.05, 4.69) is 20.5 Å². The number of nitrogens with zero attached hydrogens (tertiary/aromatic N) is 4. The second-order valence-corrected chi connectivity index (χ2v) is 6.51. The highest BCUT2D eigenvalue weighted by Gasteiger charge is 2.17. The average molecular weight is 348 g/mol. The lowest BCUT2D eigenvalue weighted by molar-refractivity contribution is 0.0941. The van der Waals surface area contributed by atoms with Crippen molar-refractivity contribution in [1.29, 1.82) is 0 Å². The molecule has 0 unspecified atom stereocenters. The number of aromatic nitrogens is 3. The minimum absolute atomic E-state index is 0.176. The van der Waals surface area contributed by atoms with Crippen molar-refractivity contribution in [3.63, 3.8) is 0 Å². The summed E-state index contributed by atoms with van der Waals surface area (Å²) in [7, 11) is 0. The Kier molecular flexibility index (Phi) is 5.48. The Morgan fingerprint density at radius 3 is 2.62 bits per heavy atom. The Morgan fingerprint density at radius 1 is 1.21 bits per heavy atom. The van der Waals surface area contributed by atoms with Crippen molar-refractivity contribution in [2.24, 2.45) is 0 Å². The van der Waals surface area contributed by atoms with Gasteiger partial charge in [-0.15, -0.1) is 5.10 Å². The summed E-state index contributed by atoms with van der Waals surface area (Å²) in [5.74, 6) is -0.176. The molecule has 1 fully saturated rings. The van der Waals surface area contributed by atoms with E-state index in [1.54, 1.807) is 16.8 Å². The van der Waals surface area contributed by atoms with E-state index < -0.39 is 0 Å². The van der Waals surface area contributed by atoms with Gasteiger partial charge >= 0.3 is 0 Å². The molecule has 1 aliphatic heterocycles. The fraction of sp³-hybridized carbons (Fsp3) is 0.471. The van der Waals surface area contributed by atoms with E-state index in [4.69, 9.17) is 11.6 Å². The third-order valence-electron chi connectivity index (χ3n) is 4.34. The molecule has 0 spiro atoms. The number of hydrogen-bond acceptors (Lipinski definition) is 4. The van der Waals surface area contributed by atoms with Crippen LogP contribution in [0.1, 0.15) is 35.4 Å². The molecule has 7 heteroatoms. The summed E-state index contributed by atoms with van der Waals surface area (Å²) >= 11 is 5.90. The van der Waals surface area contributed by atoms with E-state index in [1.807, 2.05) is 19.1 Å². The van der Waals surface area contributed by atoms with Gasteiger partial charge in [-0.2, -0.15) is 0 Å². The number of likely N-dealkylation sites (tertiary alicyclic amines) is 1. The predicted octanol–water partition coefficient (Wildman–Crippen LogP) is 2.44. The number of amides is 1. The molecule has 0 bridgehead atoms. The van der Waals surface area contributed by atoms with E-state index in [0.717, 1.165) is 25.3 Å². The maximum absolute atomic E-state index is 12.3. The number of carbonyl (C=O) groups is 1. The minimum atomic E-state index is -0.176. The molecule has 1 amide bonds. The molecule has 1 N–H and O–H groups in total. The Balaban J connectivity index is 1.60. The van der Waals surface area contributed by atoms with E-state index in [-0.39, 0.29) is 5.91 Å². The summed E-state index contributed by atoms with van der Waals surface area (Å²) in [6.45, 7) is 5.61. The zero-order valence-electron chi connectivity index (χ0n) is 13.8. The highest BCUT2D eigenvalue weighted by atomic mass is 35.5.